The molecule has 1 aliphatic rings. The molecule has 1 fully saturated rings. The largest absolute Gasteiger partial charge is 0.327 e. The second-order valence-corrected chi connectivity index (χ2v) is 5.45. The summed E-state index contributed by atoms with van der Waals surface area (Å²) in [4.78, 5) is 4.38. The molecule has 19 heavy (non-hydrogen) atoms. The number of nitrogens with zero attached hydrogens (tertiary/aromatic N) is 2. The van der Waals surface area contributed by atoms with Crippen LogP contribution >= 0.6 is 0 Å². The monoisotopic (exact) mass is 255 g/mol. The van der Waals surface area contributed by atoms with Gasteiger partial charge in [0, 0.05) is 24.4 Å². The van der Waals surface area contributed by atoms with E-state index in [-0.39, 0.29) is 0 Å². The molecule has 2 heterocycles. The third kappa shape index (κ3) is 2.30. The van der Waals surface area contributed by atoms with Crippen molar-refractivity contribution in [3.63, 3.8) is 0 Å². The molecule has 0 spiro atoms. The van der Waals surface area contributed by atoms with E-state index in [4.69, 9.17) is 0 Å². The fourth-order valence-corrected chi connectivity index (χ4v) is 3.07. The number of benzene rings is 1. The maximum Gasteiger partial charge on any atom is 0.0953 e. The van der Waals surface area contributed by atoms with Gasteiger partial charge in [0.2, 0.25) is 0 Å². The van der Waals surface area contributed by atoms with Crippen molar-refractivity contribution in [2.75, 3.05) is 13.1 Å². The SMILES string of the molecule is Cc1ccccc1C(C)n1cncc1C1CCNC1. The summed E-state index contributed by atoms with van der Waals surface area (Å²) in [5, 5.41) is 3.44. The highest BCUT2D eigenvalue weighted by Crippen LogP contribution is 2.28. The minimum Gasteiger partial charge on any atom is -0.327 e. The molecule has 0 bridgehead atoms. The van der Waals surface area contributed by atoms with Gasteiger partial charge in [0.15, 0.2) is 0 Å². The van der Waals surface area contributed by atoms with E-state index >= 15 is 0 Å². The summed E-state index contributed by atoms with van der Waals surface area (Å²) in [5.41, 5.74) is 4.09. The molecule has 100 valence electrons. The van der Waals surface area contributed by atoms with E-state index in [1.165, 1.54) is 23.2 Å². The quantitative estimate of drug-likeness (QED) is 0.914. The third-order valence-electron chi connectivity index (χ3n) is 4.23. The van der Waals surface area contributed by atoms with Crippen LogP contribution in [0.3, 0.4) is 0 Å². The van der Waals surface area contributed by atoms with Crippen molar-refractivity contribution in [3.05, 3.63) is 53.6 Å². The highest BCUT2D eigenvalue weighted by atomic mass is 15.1. The Balaban J connectivity index is 1.94. The van der Waals surface area contributed by atoms with Crippen LogP contribution in [0, 0.1) is 6.92 Å². The second kappa shape index (κ2) is 5.17. The lowest BCUT2D eigenvalue weighted by atomic mass is 10.0. The predicted octanol–water partition coefficient (Wildman–Crippen LogP) is 2.88. The Morgan fingerprint density at radius 1 is 1.37 bits per heavy atom. The third-order valence-corrected chi connectivity index (χ3v) is 4.23. The molecule has 3 rings (SSSR count). The van der Waals surface area contributed by atoms with Crippen molar-refractivity contribution >= 4 is 0 Å². The van der Waals surface area contributed by atoms with Crippen LogP contribution in [0.25, 0.3) is 0 Å². The Hall–Kier alpha value is -1.61. The Kier molecular flexibility index (Phi) is 3.38. The Bertz CT molecular complexity index is 553. The number of imidazole rings is 1. The molecule has 1 N–H and O–H groups in total. The van der Waals surface area contributed by atoms with Crippen LogP contribution in [0.1, 0.15) is 42.1 Å². The minimum atomic E-state index is 0.347. The molecule has 0 amide bonds. The molecule has 2 atom stereocenters. The predicted molar refractivity (Wildman–Crippen MR) is 77.4 cm³/mol. The molecule has 1 aromatic heterocycles. The normalized spacial score (nSPS) is 20.6. The molecular weight excluding hydrogens is 234 g/mol. The zero-order valence-electron chi connectivity index (χ0n) is 11.6. The lowest BCUT2D eigenvalue weighted by Gasteiger charge is -2.21. The molecular formula is C16H21N3. The molecule has 0 saturated carbocycles. The summed E-state index contributed by atoms with van der Waals surface area (Å²) in [5.74, 6) is 0.606. The molecule has 1 aromatic carbocycles. The fraction of sp³-hybridized carbons (Fsp3) is 0.438. The Morgan fingerprint density at radius 2 is 2.21 bits per heavy atom. The van der Waals surface area contributed by atoms with Gasteiger partial charge in [-0.3, -0.25) is 0 Å². The summed E-state index contributed by atoms with van der Waals surface area (Å²) < 4.78 is 2.33. The Morgan fingerprint density at radius 3 is 2.95 bits per heavy atom. The first-order valence-electron chi connectivity index (χ1n) is 7.05. The summed E-state index contributed by atoms with van der Waals surface area (Å²) in [6.07, 6.45) is 5.23. The molecule has 0 radical (unpaired) electrons. The van der Waals surface area contributed by atoms with Crippen LogP contribution in [0.4, 0.5) is 0 Å². The van der Waals surface area contributed by atoms with Crippen LogP contribution in [0.2, 0.25) is 0 Å². The minimum absolute atomic E-state index is 0.347. The van der Waals surface area contributed by atoms with Crippen molar-refractivity contribution in [1.29, 1.82) is 0 Å². The lowest BCUT2D eigenvalue weighted by Crippen LogP contribution is -2.15. The summed E-state index contributed by atoms with van der Waals surface area (Å²) in [6, 6.07) is 8.96. The number of rotatable bonds is 3. The molecule has 3 heteroatoms. The number of nitrogens with one attached hydrogen (secondary N) is 1. The topological polar surface area (TPSA) is 29.9 Å². The number of hydrogen-bond acceptors (Lipinski definition) is 2. The average molecular weight is 255 g/mol. The first-order chi connectivity index (χ1) is 9.27. The maximum atomic E-state index is 4.38. The molecule has 2 aromatic rings. The standard InChI is InChI=1S/C16H21N3/c1-12-5-3-4-6-15(12)13(2)19-11-18-10-16(19)14-7-8-17-9-14/h3-6,10-11,13-14,17H,7-9H2,1-2H3. The zero-order valence-corrected chi connectivity index (χ0v) is 11.6. The smallest absolute Gasteiger partial charge is 0.0953 e. The van der Waals surface area contributed by atoms with E-state index in [0.29, 0.717) is 12.0 Å². The van der Waals surface area contributed by atoms with Gasteiger partial charge in [-0.1, -0.05) is 24.3 Å². The zero-order chi connectivity index (χ0) is 13.2. The summed E-state index contributed by atoms with van der Waals surface area (Å²) in [6.45, 7) is 6.64. The van der Waals surface area contributed by atoms with Gasteiger partial charge >= 0.3 is 0 Å². The number of hydrogen-bond donors (Lipinski definition) is 1. The van der Waals surface area contributed by atoms with Crippen LogP contribution in [0.15, 0.2) is 36.8 Å². The second-order valence-electron chi connectivity index (χ2n) is 5.45. The highest BCUT2D eigenvalue weighted by Gasteiger charge is 2.22. The summed E-state index contributed by atoms with van der Waals surface area (Å²) >= 11 is 0. The van der Waals surface area contributed by atoms with Gasteiger partial charge in [0.1, 0.15) is 0 Å². The van der Waals surface area contributed by atoms with Crippen molar-refractivity contribution in [2.24, 2.45) is 0 Å². The average Bonchev–Trinajstić information content (AvgIpc) is 3.09. The van der Waals surface area contributed by atoms with Crippen LogP contribution in [-0.2, 0) is 0 Å². The summed E-state index contributed by atoms with van der Waals surface area (Å²) in [7, 11) is 0. The van der Waals surface area contributed by atoms with E-state index in [1.54, 1.807) is 0 Å². The van der Waals surface area contributed by atoms with Gasteiger partial charge in [0.25, 0.3) is 0 Å². The van der Waals surface area contributed by atoms with Gasteiger partial charge in [-0.15, -0.1) is 0 Å². The number of aryl methyl sites for hydroxylation is 1. The van der Waals surface area contributed by atoms with E-state index < -0.39 is 0 Å². The van der Waals surface area contributed by atoms with Crippen molar-refractivity contribution in [3.8, 4) is 0 Å². The van der Waals surface area contributed by atoms with Crippen molar-refractivity contribution in [2.45, 2.75) is 32.2 Å². The first kappa shape index (κ1) is 12.4. The molecule has 2 unspecified atom stereocenters. The van der Waals surface area contributed by atoms with Gasteiger partial charge in [-0.2, -0.15) is 0 Å². The van der Waals surface area contributed by atoms with Crippen molar-refractivity contribution < 1.29 is 0 Å². The van der Waals surface area contributed by atoms with Crippen LogP contribution in [-0.4, -0.2) is 22.6 Å². The van der Waals surface area contributed by atoms with E-state index in [1.807, 2.05) is 12.5 Å². The molecule has 1 saturated heterocycles. The van der Waals surface area contributed by atoms with Gasteiger partial charge < -0.3 is 9.88 Å². The van der Waals surface area contributed by atoms with E-state index in [0.717, 1.165) is 13.1 Å². The van der Waals surface area contributed by atoms with E-state index in [9.17, 15) is 0 Å². The number of aromatic nitrogens is 2. The van der Waals surface area contributed by atoms with E-state index in [2.05, 4.69) is 53.0 Å². The fourth-order valence-electron chi connectivity index (χ4n) is 3.07. The highest BCUT2D eigenvalue weighted by molar-refractivity contribution is 5.30. The lowest BCUT2D eigenvalue weighted by molar-refractivity contribution is 0.572. The van der Waals surface area contributed by atoms with Crippen LogP contribution in [0.5, 0.6) is 0 Å². The van der Waals surface area contributed by atoms with Crippen LogP contribution < -0.4 is 5.32 Å². The van der Waals surface area contributed by atoms with Crippen molar-refractivity contribution in [1.82, 2.24) is 14.9 Å². The molecule has 0 aliphatic carbocycles. The Labute approximate surface area is 114 Å². The van der Waals surface area contributed by atoms with Gasteiger partial charge in [0.05, 0.1) is 12.4 Å². The first-order valence-corrected chi connectivity index (χ1v) is 7.05. The molecule has 1 aliphatic heterocycles. The maximum absolute atomic E-state index is 4.38. The van der Waals surface area contributed by atoms with Gasteiger partial charge in [-0.05, 0) is 37.9 Å². The van der Waals surface area contributed by atoms with Gasteiger partial charge in [-0.25, -0.2) is 4.98 Å². The molecule has 3 nitrogen and oxygen atoms in total.